The molecule has 2 rings (SSSR count). The SMILES string of the molecule is CCCNC(=O)Cc1csc(SCC(=O)Nc2ccc(C)cc2)n1. The van der Waals surface area contributed by atoms with E-state index in [9.17, 15) is 9.59 Å². The van der Waals surface area contributed by atoms with Crippen molar-refractivity contribution in [2.24, 2.45) is 0 Å². The van der Waals surface area contributed by atoms with E-state index in [1.807, 2.05) is 43.5 Å². The molecule has 5 nitrogen and oxygen atoms in total. The quantitative estimate of drug-likeness (QED) is 0.706. The topological polar surface area (TPSA) is 71.1 Å². The summed E-state index contributed by atoms with van der Waals surface area (Å²) in [5.74, 6) is 0.208. The lowest BCUT2D eigenvalue weighted by atomic mass is 10.2. The van der Waals surface area contributed by atoms with Gasteiger partial charge in [0.25, 0.3) is 0 Å². The number of nitrogens with zero attached hydrogens (tertiary/aromatic N) is 1. The molecule has 0 unspecified atom stereocenters. The van der Waals surface area contributed by atoms with Crippen LogP contribution in [0.4, 0.5) is 5.69 Å². The van der Waals surface area contributed by atoms with Crippen LogP contribution in [0.5, 0.6) is 0 Å². The van der Waals surface area contributed by atoms with E-state index in [1.54, 1.807) is 0 Å². The average molecular weight is 364 g/mol. The normalized spacial score (nSPS) is 10.4. The highest BCUT2D eigenvalue weighted by Crippen LogP contribution is 2.23. The predicted octanol–water partition coefficient (Wildman–Crippen LogP) is 3.25. The largest absolute Gasteiger partial charge is 0.356 e. The van der Waals surface area contributed by atoms with Gasteiger partial charge in [0.15, 0.2) is 4.34 Å². The summed E-state index contributed by atoms with van der Waals surface area (Å²) >= 11 is 2.84. The first kappa shape index (κ1) is 18.5. The maximum Gasteiger partial charge on any atom is 0.234 e. The number of aryl methyl sites for hydroxylation is 1. The molecule has 1 aromatic heterocycles. The molecule has 0 aliphatic carbocycles. The number of thiazole rings is 1. The zero-order chi connectivity index (χ0) is 17.4. The van der Waals surface area contributed by atoms with E-state index in [0.717, 1.165) is 27.7 Å². The minimum absolute atomic E-state index is 0.0178. The third-order valence-electron chi connectivity index (χ3n) is 3.11. The van der Waals surface area contributed by atoms with Gasteiger partial charge in [0.2, 0.25) is 11.8 Å². The first-order valence-electron chi connectivity index (χ1n) is 7.77. The molecule has 0 saturated carbocycles. The number of thioether (sulfide) groups is 1. The van der Waals surface area contributed by atoms with Gasteiger partial charge in [0, 0.05) is 17.6 Å². The standard InChI is InChI=1S/C17H21N3O2S2/c1-3-8-18-15(21)9-14-10-23-17(20-14)24-11-16(22)19-13-6-4-12(2)5-7-13/h4-7,10H,3,8-9,11H2,1-2H3,(H,18,21)(H,19,22). The maximum absolute atomic E-state index is 12.0. The van der Waals surface area contributed by atoms with E-state index in [0.29, 0.717) is 12.3 Å². The molecule has 2 N–H and O–H groups in total. The summed E-state index contributed by atoms with van der Waals surface area (Å²) in [5, 5.41) is 7.55. The number of carbonyl (C=O) groups is 2. The molecule has 0 radical (unpaired) electrons. The highest BCUT2D eigenvalue weighted by molar-refractivity contribution is 8.01. The lowest BCUT2D eigenvalue weighted by molar-refractivity contribution is -0.120. The zero-order valence-corrected chi connectivity index (χ0v) is 15.4. The molecule has 0 aliphatic rings. The van der Waals surface area contributed by atoms with Crippen molar-refractivity contribution in [1.29, 1.82) is 0 Å². The van der Waals surface area contributed by atoms with Crippen LogP contribution >= 0.6 is 23.1 Å². The molecular weight excluding hydrogens is 342 g/mol. The highest BCUT2D eigenvalue weighted by atomic mass is 32.2. The first-order chi connectivity index (χ1) is 11.6. The van der Waals surface area contributed by atoms with Gasteiger partial charge in [-0.05, 0) is 25.5 Å². The summed E-state index contributed by atoms with van der Waals surface area (Å²) in [6.07, 6.45) is 1.20. The number of benzene rings is 1. The zero-order valence-electron chi connectivity index (χ0n) is 13.8. The minimum atomic E-state index is -0.0682. The van der Waals surface area contributed by atoms with E-state index >= 15 is 0 Å². The predicted molar refractivity (Wildman–Crippen MR) is 99.7 cm³/mol. The van der Waals surface area contributed by atoms with Crippen molar-refractivity contribution < 1.29 is 9.59 Å². The summed E-state index contributed by atoms with van der Waals surface area (Å²) in [7, 11) is 0. The second-order valence-electron chi connectivity index (χ2n) is 5.33. The van der Waals surface area contributed by atoms with Gasteiger partial charge in [0.1, 0.15) is 0 Å². The van der Waals surface area contributed by atoms with Gasteiger partial charge in [0.05, 0.1) is 17.9 Å². The van der Waals surface area contributed by atoms with Gasteiger partial charge in [-0.2, -0.15) is 0 Å². The average Bonchev–Trinajstić information content (AvgIpc) is 3.00. The van der Waals surface area contributed by atoms with Crippen LogP contribution in [-0.2, 0) is 16.0 Å². The number of nitrogens with one attached hydrogen (secondary N) is 2. The Morgan fingerprint density at radius 1 is 1.21 bits per heavy atom. The maximum atomic E-state index is 12.0. The van der Waals surface area contributed by atoms with Gasteiger partial charge in [-0.15, -0.1) is 11.3 Å². The molecular formula is C17H21N3O2S2. The van der Waals surface area contributed by atoms with Crippen LogP contribution in [0.25, 0.3) is 0 Å². The van der Waals surface area contributed by atoms with Crippen LogP contribution in [0.3, 0.4) is 0 Å². The Morgan fingerprint density at radius 3 is 2.67 bits per heavy atom. The van der Waals surface area contributed by atoms with E-state index < -0.39 is 0 Å². The fourth-order valence-corrected chi connectivity index (χ4v) is 3.53. The van der Waals surface area contributed by atoms with Crippen molar-refractivity contribution in [3.05, 3.63) is 40.9 Å². The van der Waals surface area contributed by atoms with Crippen molar-refractivity contribution >= 4 is 40.6 Å². The molecule has 7 heteroatoms. The van der Waals surface area contributed by atoms with E-state index in [1.165, 1.54) is 23.1 Å². The lowest BCUT2D eigenvalue weighted by Crippen LogP contribution is -2.25. The second kappa shape index (κ2) is 9.44. The van der Waals surface area contributed by atoms with Crippen molar-refractivity contribution in [3.63, 3.8) is 0 Å². The molecule has 2 aromatic rings. The van der Waals surface area contributed by atoms with Crippen molar-refractivity contribution in [1.82, 2.24) is 10.3 Å². The second-order valence-corrected chi connectivity index (χ2v) is 7.41. The monoisotopic (exact) mass is 363 g/mol. The van der Waals surface area contributed by atoms with E-state index in [2.05, 4.69) is 15.6 Å². The van der Waals surface area contributed by atoms with E-state index in [-0.39, 0.29) is 18.2 Å². The van der Waals surface area contributed by atoms with Crippen molar-refractivity contribution in [2.45, 2.75) is 31.0 Å². The summed E-state index contributed by atoms with van der Waals surface area (Å²) in [4.78, 5) is 28.0. The molecule has 0 saturated heterocycles. The van der Waals surface area contributed by atoms with Gasteiger partial charge in [-0.3, -0.25) is 9.59 Å². The smallest absolute Gasteiger partial charge is 0.234 e. The summed E-state index contributed by atoms with van der Waals surface area (Å²) < 4.78 is 0.798. The van der Waals surface area contributed by atoms with E-state index in [4.69, 9.17) is 0 Å². The molecule has 0 bridgehead atoms. The van der Waals surface area contributed by atoms with Crippen LogP contribution in [0.1, 0.15) is 24.6 Å². The number of amides is 2. The Hall–Kier alpha value is -1.86. The highest BCUT2D eigenvalue weighted by Gasteiger charge is 2.09. The Bertz CT molecular complexity index is 683. The minimum Gasteiger partial charge on any atom is -0.356 e. The van der Waals surface area contributed by atoms with Gasteiger partial charge >= 0.3 is 0 Å². The van der Waals surface area contributed by atoms with Gasteiger partial charge < -0.3 is 10.6 Å². The number of carbonyl (C=O) groups excluding carboxylic acids is 2. The van der Waals surface area contributed by atoms with Crippen LogP contribution in [0, 0.1) is 6.92 Å². The number of rotatable bonds is 8. The first-order valence-corrected chi connectivity index (χ1v) is 9.63. The molecule has 2 amide bonds. The Kier molecular flexibility index (Phi) is 7.27. The number of anilines is 1. The van der Waals surface area contributed by atoms with Crippen molar-refractivity contribution in [2.75, 3.05) is 17.6 Å². The summed E-state index contributed by atoms with van der Waals surface area (Å²) in [6.45, 7) is 4.70. The third-order valence-corrected chi connectivity index (χ3v) is 5.18. The Labute approximate surface area is 150 Å². The Balaban J connectivity index is 1.76. The summed E-state index contributed by atoms with van der Waals surface area (Å²) in [5.41, 5.74) is 2.69. The Morgan fingerprint density at radius 2 is 1.96 bits per heavy atom. The van der Waals surface area contributed by atoms with Crippen LogP contribution < -0.4 is 10.6 Å². The van der Waals surface area contributed by atoms with Crippen LogP contribution in [0.15, 0.2) is 34.0 Å². The molecule has 0 aliphatic heterocycles. The molecule has 0 spiro atoms. The molecule has 0 atom stereocenters. The molecule has 1 aromatic carbocycles. The molecule has 0 fully saturated rings. The summed E-state index contributed by atoms with van der Waals surface area (Å²) in [6, 6.07) is 7.68. The molecule has 1 heterocycles. The molecule has 128 valence electrons. The van der Waals surface area contributed by atoms with Gasteiger partial charge in [-0.25, -0.2) is 4.98 Å². The van der Waals surface area contributed by atoms with Gasteiger partial charge in [-0.1, -0.05) is 36.4 Å². The lowest BCUT2D eigenvalue weighted by Gasteiger charge is -2.04. The number of hydrogen-bond donors (Lipinski definition) is 2. The third kappa shape index (κ3) is 6.33. The molecule has 24 heavy (non-hydrogen) atoms. The number of aromatic nitrogens is 1. The number of hydrogen-bond acceptors (Lipinski definition) is 5. The fraction of sp³-hybridized carbons (Fsp3) is 0.353. The van der Waals surface area contributed by atoms with Crippen molar-refractivity contribution in [3.8, 4) is 0 Å². The fourth-order valence-electron chi connectivity index (χ4n) is 1.89. The van der Waals surface area contributed by atoms with Crippen LogP contribution in [0.2, 0.25) is 0 Å². The van der Waals surface area contributed by atoms with Crippen LogP contribution in [-0.4, -0.2) is 29.1 Å².